The van der Waals surface area contributed by atoms with Crippen LogP contribution < -0.4 is 5.32 Å². The molecule has 160 valence electrons. The smallest absolute Gasteiger partial charge is 0.253 e. The van der Waals surface area contributed by atoms with Gasteiger partial charge in [-0.05, 0) is 80.8 Å². The Morgan fingerprint density at radius 1 is 1.10 bits per heavy atom. The van der Waals surface area contributed by atoms with Crippen molar-refractivity contribution in [2.75, 3.05) is 12.3 Å². The molecule has 0 aliphatic heterocycles. The third-order valence-corrected chi connectivity index (χ3v) is 9.90. The minimum atomic E-state index is -2.97. The van der Waals surface area contributed by atoms with Gasteiger partial charge in [0.15, 0.2) is 9.84 Å². The molecule has 1 amide bonds. The van der Waals surface area contributed by atoms with Gasteiger partial charge in [0.05, 0.1) is 21.6 Å². The summed E-state index contributed by atoms with van der Waals surface area (Å²) in [7, 11) is -2.97. The summed E-state index contributed by atoms with van der Waals surface area (Å²) in [6.07, 6.45) is 9.04. The topological polar surface area (TPSA) is 63.2 Å². The Balaban J connectivity index is 1.41. The molecule has 3 fully saturated rings. The Hall–Kier alpha value is -1.07. The standard InChI is InChI=1S/C23H32ClNO3S/c1-16-3-2-4-20(24)21(16)22(26)25-15-23(13-17-5-6-17)11-9-19(10-12-23)29(27,28)14-18-7-8-18/h2-4,17-19H,5-15H2,1H3,(H,25,26). The highest BCUT2D eigenvalue weighted by atomic mass is 35.5. The SMILES string of the molecule is Cc1cccc(Cl)c1C(=O)NCC1(CC2CC2)CCC(S(=O)(=O)CC2CC2)CC1. The first kappa shape index (κ1) is 21.2. The molecule has 0 unspecified atom stereocenters. The van der Waals surface area contributed by atoms with Crippen LogP contribution in [-0.2, 0) is 9.84 Å². The van der Waals surface area contributed by atoms with Crippen LogP contribution >= 0.6 is 11.6 Å². The van der Waals surface area contributed by atoms with Gasteiger partial charge in [0, 0.05) is 6.54 Å². The fourth-order valence-electron chi connectivity index (χ4n) is 4.98. The van der Waals surface area contributed by atoms with Crippen LogP contribution in [0.3, 0.4) is 0 Å². The molecule has 4 nitrogen and oxygen atoms in total. The van der Waals surface area contributed by atoms with Crippen LogP contribution in [0.1, 0.15) is 73.7 Å². The molecule has 0 radical (unpaired) electrons. The first-order chi connectivity index (χ1) is 13.8. The number of nitrogens with one attached hydrogen (secondary N) is 1. The van der Waals surface area contributed by atoms with E-state index in [-0.39, 0.29) is 16.6 Å². The lowest BCUT2D eigenvalue weighted by atomic mass is 9.70. The summed E-state index contributed by atoms with van der Waals surface area (Å²) in [5.74, 6) is 1.42. The van der Waals surface area contributed by atoms with Crippen molar-refractivity contribution >= 4 is 27.3 Å². The minimum absolute atomic E-state index is 0.0254. The maximum absolute atomic E-state index is 12.8. The second-order valence-electron chi connectivity index (χ2n) is 9.73. The highest BCUT2D eigenvalue weighted by Crippen LogP contribution is 2.49. The minimum Gasteiger partial charge on any atom is -0.351 e. The molecule has 4 rings (SSSR count). The summed E-state index contributed by atoms with van der Waals surface area (Å²) in [5, 5.41) is 3.44. The molecule has 3 aliphatic rings. The van der Waals surface area contributed by atoms with Crippen LogP contribution in [-0.4, -0.2) is 31.9 Å². The van der Waals surface area contributed by atoms with E-state index in [1.54, 1.807) is 6.07 Å². The van der Waals surface area contributed by atoms with Gasteiger partial charge in [-0.25, -0.2) is 8.42 Å². The van der Waals surface area contributed by atoms with Crippen LogP contribution in [0.5, 0.6) is 0 Å². The number of hydrogen-bond acceptors (Lipinski definition) is 3. The Morgan fingerprint density at radius 2 is 1.76 bits per heavy atom. The van der Waals surface area contributed by atoms with E-state index < -0.39 is 9.84 Å². The maximum Gasteiger partial charge on any atom is 0.253 e. The number of halogens is 1. The van der Waals surface area contributed by atoms with Crippen LogP contribution in [0.2, 0.25) is 5.02 Å². The van der Waals surface area contributed by atoms with Gasteiger partial charge < -0.3 is 5.32 Å². The third kappa shape index (κ3) is 5.16. The molecule has 3 aliphatic carbocycles. The van der Waals surface area contributed by atoms with E-state index in [9.17, 15) is 13.2 Å². The lowest BCUT2D eigenvalue weighted by Gasteiger charge is -2.40. The van der Waals surface area contributed by atoms with Crippen molar-refractivity contribution < 1.29 is 13.2 Å². The number of benzene rings is 1. The van der Waals surface area contributed by atoms with Gasteiger partial charge in [0.2, 0.25) is 0 Å². The molecule has 0 atom stereocenters. The molecule has 1 N–H and O–H groups in total. The lowest BCUT2D eigenvalue weighted by molar-refractivity contribution is 0.0895. The van der Waals surface area contributed by atoms with Crippen molar-refractivity contribution in [1.29, 1.82) is 0 Å². The molecule has 6 heteroatoms. The summed E-state index contributed by atoms with van der Waals surface area (Å²) < 4.78 is 25.4. The number of aryl methyl sites for hydroxylation is 1. The van der Waals surface area contributed by atoms with Gasteiger partial charge in [-0.15, -0.1) is 0 Å². The zero-order valence-corrected chi connectivity index (χ0v) is 18.8. The Bertz CT molecular complexity index is 846. The summed E-state index contributed by atoms with van der Waals surface area (Å²) in [5.41, 5.74) is 1.45. The van der Waals surface area contributed by atoms with E-state index in [1.165, 1.54) is 12.8 Å². The van der Waals surface area contributed by atoms with Crippen LogP contribution in [0.15, 0.2) is 18.2 Å². The van der Waals surface area contributed by atoms with Crippen LogP contribution in [0.4, 0.5) is 0 Å². The second kappa shape index (κ2) is 8.22. The summed E-state index contributed by atoms with van der Waals surface area (Å²) in [6.45, 7) is 2.51. The van der Waals surface area contributed by atoms with Gasteiger partial charge in [0.25, 0.3) is 5.91 Å². The Labute approximate surface area is 179 Å². The van der Waals surface area contributed by atoms with E-state index in [0.717, 1.165) is 56.4 Å². The quantitative estimate of drug-likeness (QED) is 0.626. The highest BCUT2D eigenvalue weighted by molar-refractivity contribution is 7.92. The average Bonchev–Trinajstić information content (AvgIpc) is 3.58. The summed E-state index contributed by atoms with van der Waals surface area (Å²) in [6, 6.07) is 5.50. The number of amides is 1. The first-order valence-corrected chi connectivity index (χ1v) is 13.1. The number of sulfone groups is 1. The van der Waals surface area contributed by atoms with Gasteiger partial charge in [-0.3, -0.25) is 4.79 Å². The number of carbonyl (C=O) groups excluding carboxylic acids is 1. The van der Waals surface area contributed by atoms with E-state index in [0.29, 0.717) is 28.8 Å². The first-order valence-electron chi connectivity index (χ1n) is 11.0. The molecular weight excluding hydrogens is 406 g/mol. The Kier molecular flexibility index (Phi) is 6.00. The molecule has 0 bridgehead atoms. The molecule has 29 heavy (non-hydrogen) atoms. The van der Waals surface area contributed by atoms with Crippen LogP contribution in [0.25, 0.3) is 0 Å². The van der Waals surface area contributed by atoms with E-state index in [1.807, 2.05) is 19.1 Å². The lowest BCUT2D eigenvalue weighted by Crippen LogP contribution is -2.43. The molecular formula is C23H32ClNO3S. The van der Waals surface area contributed by atoms with Gasteiger partial charge in [-0.2, -0.15) is 0 Å². The largest absolute Gasteiger partial charge is 0.351 e. The van der Waals surface area contributed by atoms with Crippen molar-refractivity contribution in [2.24, 2.45) is 17.3 Å². The monoisotopic (exact) mass is 437 g/mol. The van der Waals surface area contributed by atoms with E-state index >= 15 is 0 Å². The number of carbonyl (C=O) groups is 1. The molecule has 0 saturated heterocycles. The maximum atomic E-state index is 12.8. The van der Waals surface area contributed by atoms with Crippen molar-refractivity contribution in [3.8, 4) is 0 Å². The fourth-order valence-corrected chi connectivity index (χ4v) is 7.50. The Morgan fingerprint density at radius 3 is 2.34 bits per heavy atom. The predicted molar refractivity (Wildman–Crippen MR) is 117 cm³/mol. The zero-order valence-electron chi connectivity index (χ0n) is 17.3. The third-order valence-electron chi connectivity index (χ3n) is 7.16. The summed E-state index contributed by atoms with van der Waals surface area (Å²) in [4.78, 5) is 12.8. The average molecular weight is 438 g/mol. The normalized spacial score (nSPS) is 27.6. The van der Waals surface area contributed by atoms with Gasteiger partial charge in [-0.1, -0.05) is 36.6 Å². The van der Waals surface area contributed by atoms with Gasteiger partial charge >= 0.3 is 0 Å². The number of rotatable bonds is 8. The van der Waals surface area contributed by atoms with E-state index in [2.05, 4.69) is 5.32 Å². The van der Waals surface area contributed by atoms with Crippen molar-refractivity contribution in [3.05, 3.63) is 34.3 Å². The highest BCUT2D eigenvalue weighted by Gasteiger charge is 2.43. The van der Waals surface area contributed by atoms with Gasteiger partial charge in [0.1, 0.15) is 0 Å². The molecule has 0 heterocycles. The predicted octanol–water partition coefficient (Wildman–Crippen LogP) is 4.93. The molecule has 3 saturated carbocycles. The van der Waals surface area contributed by atoms with Crippen LogP contribution in [0, 0.1) is 24.2 Å². The molecule has 1 aromatic rings. The fraction of sp³-hybridized carbons (Fsp3) is 0.696. The second-order valence-corrected chi connectivity index (χ2v) is 12.5. The van der Waals surface area contributed by atoms with E-state index in [4.69, 9.17) is 11.6 Å². The summed E-state index contributed by atoms with van der Waals surface area (Å²) >= 11 is 6.26. The molecule has 0 aromatic heterocycles. The zero-order chi connectivity index (χ0) is 20.6. The molecule has 1 aromatic carbocycles. The van der Waals surface area contributed by atoms with Crippen molar-refractivity contribution in [1.82, 2.24) is 5.32 Å². The van der Waals surface area contributed by atoms with Crippen molar-refractivity contribution in [3.63, 3.8) is 0 Å². The number of hydrogen-bond donors (Lipinski definition) is 1. The van der Waals surface area contributed by atoms with Crippen molar-refractivity contribution in [2.45, 2.75) is 70.0 Å². The molecule has 0 spiro atoms.